The van der Waals surface area contributed by atoms with Crippen LogP contribution in [0.15, 0.2) is 36.4 Å². The lowest BCUT2D eigenvalue weighted by molar-refractivity contribution is -0.320. The molecule has 1 spiro atoms. The molecule has 1 aromatic heterocycles. The average Bonchev–Trinajstić information content (AvgIpc) is 3.66. The zero-order chi connectivity index (χ0) is 34.0. The molecule has 12 nitrogen and oxygen atoms in total. The molecule has 6 aliphatic rings. The Labute approximate surface area is 280 Å². The number of likely N-dealkylation sites (N-methyl/N-ethyl adjacent to an activating group) is 1. The maximum atomic E-state index is 14.0. The van der Waals surface area contributed by atoms with Crippen molar-refractivity contribution in [3.8, 4) is 17.4 Å². The van der Waals surface area contributed by atoms with Crippen molar-refractivity contribution in [2.45, 2.75) is 74.3 Å². The number of aromatic nitrogens is 1. The molecule has 5 aliphatic carbocycles. The van der Waals surface area contributed by atoms with E-state index in [1.54, 1.807) is 52.7 Å². The van der Waals surface area contributed by atoms with Crippen LogP contribution in [-0.4, -0.2) is 126 Å². The second-order valence-corrected chi connectivity index (χ2v) is 15.2. The Balaban J connectivity index is 1.25. The van der Waals surface area contributed by atoms with Gasteiger partial charge in [0.05, 0.1) is 48.3 Å². The summed E-state index contributed by atoms with van der Waals surface area (Å²) in [6, 6.07) is 8.94. The Morgan fingerprint density at radius 1 is 0.979 bits per heavy atom. The van der Waals surface area contributed by atoms with Gasteiger partial charge in [0, 0.05) is 82.1 Å². The quantitative estimate of drug-likeness (QED) is 0.292. The number of esters is 1. The van der Waals surface area contributed by atoms with Crippen LogP contribution in [0, 0.1) is 34.5 Å². The first-order valence-corrected chi connectivity index (χ1v) is 17.2. The van der Waals surface area contributed by atoms with E-state index in [2.05, 4.69) is 11.8 Å². The first-order valence-electron chi connectivity index (χ1n) is 17.2. The summed E-state index contributed by atoms with van der Waals surface area (Å²) in [4.78, 5) is 16.3. The van der Waals surface area contributed by atoms with Gasteiger partial charge in [-0.2, -0.15) is 0 Å². The summed E-state index contributed by atoms with van der Waals surface area (Å²) in [6.45, 7) is 3.28. The van der Waals surface area contributed by atoms with Crippen molar-refractivity contribution in [2.75, 3.05) is 48.1 Å². The molecule has 6 fully saturated rings. The maximum absolute atomic E-state index is 14.0. The number of hydrogen-bond acceptors (Lipinski definition) is 11. The van der Waals surface area contributed by atoms with E-state index in [0.29, 0.717) is 31.6 Å². The van der Waals surface area contributed by atoms with Crippen molar-refractivity contribution >= 4 is 5.97 Å². The van der Waals surface area contributed by atoms with Gasteiger partial charge in [-0.15, -0.1) is 0 Å². The van der Waals surface area contributed by atoms with E-state index in [1.807, 2.05) is 0 Å². The highest BCUT2D eigenvalue weighted by Crippen LogP contribution is 2.80. The van der Waals surface area contributed by atoms with Crippen molar-refractivity contribution in [3.05, 3.63) is 42.0 Å². The zero-order valence-electron chi connectivity index (χ0n) is 28.2. The average molecular weight is 669 g/mol. The van der Waals surface area contributed by atoms with Crippen LogP contribution in [0.25, 0.3) is 5.69 Å². The van der Waals surface area contributed by atoms with Crippen LogP contribution in [0.5, 0.6) is 11.8 Å². The van der Waals surface area contributed by atoms with Gasteiger partial charge in [0.15, 0.2) is 11.8 Å². The van der Waals surface area contributed by atoms with E-state index in [1.165, 1.54) is 16.7 Å². The van der Waals surface area contributed by atoms with Gasteiger partial charge in [0.2, 0.25) is 0 Å². The number of aromatic hydroxyl groups is 2. The molecule has 0 amide bonds. The molecule has 12 heteroatoms. The fraction of sp³-hybridized carbons (Fsp3) is 0.694. The van der Waals surface area contributed by atoms with Crippen LogP contribution < -0.4 is 0 Å². The molecular weight excluding hydrogens is 620 g/mol. The highest BCUT2D eigenvalue weighted by atomic mass is 16.5. The topological polar surface area (TPSA) is 152 Å². The first kappa shape index (κ1) is 32.5. The number of piperidine rings is 1. The molecule has 2 aromatic rings. The smallest absolute Gasteiger partial charge is 0.340 e. The third kappa shape index (κ3) is 3.62. The van der Waals surface area contributed by atoms with Gasteiger partial charge in [-0.3, -0.25) is 9.47 Å². The second kappa shape index (κ2) is 10.9. The van der Waals surface area contributed by atoms with Gasteiger partial charge in [-0.25, -0.2) is 4.79 Å². The normalized spacial score (nSPS) is 45.4. The minimum atomic E-state index is -1.69. The lowest BCUT2D eigenvalue weighted by Gasteiger charge is -2.70. The summed E-state index contributed by atoms with van der Waals surface area (Å²) in [5.41, 5.74) is -4.02. The van der Waals surface area contributed by atoms with Crippen molar-refractivity contribution in [1.29, 1.82) is 0 Å². The number of methoxy groups -OCH3 is 4. The lowest BCUT2D eigenvalue weighted by Crippen LogP contribution is -2.82. The van der Waals surface area contributed by atoms with Crippen LogP contribution in [0.4, 0.5) is 0 Å². The largest absolute Gasteiger partial charge is 0.494 e. The first-order chi connectivity index (χ1) is 23.0. The minimum absolute atomic E-state index is 0.0501. The molecule has 2 heterocycles. The predicted octanol–water partition coefficient (Wildman–Crippen LogP) is 2.34. The number of hydrogen-bond donors (Lipinski definition) is 4. The number of benzene rings is 1. The minimum Gasteiger partial charge on any atom is -0.494 e. The zero-order valence-corrected chi connectivity index (χ0v) is 28.2. The summed E-state index contributed by atoms with van der Waals surface area (Å²) < 4.78 is 32.5. The SMILES string of the molecule is CCN1C[C@]2(COC(=O)c3ccccc3-n3c(O)ccc3O)CC[C@H](OC)[C@]34C1[C@](O)([C@@H](OC)[C@H]23)[C@@]1(O)C[C@H](OC)[C@H]2C[C@@H]4[C@@H]1[C@H]2OC. The van der Waals surface area contributed by atoms with Gasteiger partial charge in [0.1, 0.15) is 11.2 Å². The number of fused-ring (bicyclic) bond motifs is 2. The van der Waals surface area contributed by atoms with Crippen molar-refractivity contribution < 1.29 is 48.9 Å². The van der Waals surface area contributed by atoms with E-state index < -0.39 is 40.1 Å². The number of para-hydroxylation sites is 1. The molecule has 1 aliphatic heterocycles. The Morgan fingerprint density at radius 3 is 2.35 bits per heavy atom. The monoisotopic (exact) mass is 668 g/mol. The van der Waals surface area contributed by atoms with E-state index in [4.69, 9.17) is 23.7 Å². The number of rotatable bonds is 9. The Morgan fingerprint density at radius 2 is 1.71 bits per heavy atom. The molecule has 1 saturated heterocycles. The van der Waals surface area contributed by atoms with E-state index in [-0.39, 0.29) is 72.3 Å². The van der Waals surface area contributed by atoms with Crippen LogP contribution in [0.2, 0.25) is 0 Å². The standard InChI is InChI=1S/C36H48N2O10/c1-6-37-17-33(18-48-31(41)19-9-7-8-10-22(19)38-25(39)11-12-26(38)40)14-13-24(45-3)35-21-15-20-23(44-2)16-34(42,27(21)28(20)46-4)36(43,32(35)37)30(47-5)29(33)35/h7-12,20-21,23-24,27-30,32,39-40,42-43H,6,13-18H2,1-5H3/t20-,21-,23+,24+,27-,28+,29-,30+,32?,33+,34-,35+,36-/m1/s1. The maximum Gasteiger partial charge on any atom is 0.340 e. The summed E-state index contributed by atoms with van der Waals surface area (Å²) >= 11 is 0. The molecule has 0 radical (unpaired) electrons. The summed E-state index contributed by atoms with van der Waals surface area (Å²) in [5, 5.41) is 47.5. The third-order valence-corrected chi connectivity index (χ3v) is 14.0. The molecule has 7 bridgehead atoms. The van der Waals surface area contributed by atoms with Gasteiger partial charge in [-0.1, -0.05) is 19.1 Å². The Kier molecular flexibility index (Phi) is 7.37. The highest BCUT2D eigenvalue weighted by Gasteiger charge is 2.91. The molecule has 48 heavy (non-hydrogen) atoms. The molecule has 13 atom stereocenters. The van der Waals surface area contributed by atoms with Crippen LogP contribution in [0.1, 0.15) is 43.0 Å². The van der Waals surface area contributed by atoms with E-state index in [9.17, 15) is 25.2 Å². The molecule has 262 valence electrons. The van der Waals surface area contributed by atoms with Gasteiger partial charge >= 0.3 is 5.97 Å². The van der Waals surface area contributed by atoms with Gasteiger partial charge < -0.3 is 44.1 Å². The molecule has 5 saturated carbocycles. The van der Waals surface area contributed by atoms with Crippen molar-refractivity contribution in [2.24, 2.45) is 34.5 Å². The van der Waals surface area contributed by atoms with E-state index >= 15 is 0 Å². The molecule has 8 rings (SSSR count). The predicted molar refractivity (Wildman–Crippen MR) is 171 cm³/mol. The van der Waals surface area contributed by atoms with Crippen molar-refractivity contribution in [1.82, 2.24) is 9.47 Å². The summed E-state index contributed by atoms with van der Waals surface area (Å²) in [6.07, 6.45) is 0.792. The lowest BCUT2D eigenvalue weighted by atomic mass is 9.42. The fourth-order valence-corrected chi connectivity index (χ4v) is 12.8. The third-order valence-electron chi connectivity index (χ3n) is 14.0. The number of aliphatic hydroxyl groups is 2. The van der Waals surface area contributed by atoms with Crippen LogP contribution >= 0.6 is 0 Å². The number of ether oxygens (including phenoxy) is 5. The summed E-state index contributed by atoms with van der Waals surface area (Å²) in [5.74, 6) is -1.68. The van der Waals surface area contributed by atoms with Crippen LogP contribution in [0.3, 0.4) is 0 Å². The molecular formula is C36H48N2O10. The molecule has 1 aromatic carbocycles. The number of likely N-dealkylation sites (tertiary alicyclic amines) is 1. The number of nitrogens with zero attached hydrogens (tertiary/aromatic N) is 2. The number of carbonyl (C=O) groups excluding carboxylic acids is 1. The van der Waals surface area contributed by atoms with Crippen molar-refractivity contribution in [3.63, 3.8) is 0 Å². The highest BCUT2D eigenvalue weighted by molar-refractivity contribution is 5.93. The van der Waals surface area contributed by atoms with Crippen LogP contribution in [-0.2, 0) is 23.7 Å². The number of carbonyl (C=O) groups is 1. The fourth-order valence-electron chi connectivity index (χ4n) is 12.8. The summed E-state index contributed by atoms with van der Waals surface area (Å²) in [7, 11) is 6.71. The van der Waals surface area contributed by atoms with Gasteiger partial charge in [0.25, 0.3) is 0 Å². The van der Waals surface area contributed by atoms with Gasteiger partial charge in [-0.05, 0) is 43.9 Å². The molecule has 4 N–H and O–H groups in total. The Hall–Kier alpha value is -2.71. The second-order valence-electron chi connectivity index (χ2n) is 15.2. The Bertz CT molecular complexity index is 1580. The molecule has 1 unspecified atom stereocenters. The van der Waals surface area contributed by atoms with E-state index in [0.717, 1.165) is 6.42 Å².